The number of pyridine rings is 1. The van der Waals surface area contributed by atoms with E-state index in [1.54, 1.807) is 31.1 Å². The Morgan fingerprint density at radius 3 is 2.68 bits per heavy atom. The molecule has 0 radical (unpaired) electrons. The highest BCUT2D eigenvalue weighted by Crippen LogP contribution is 2.23. The second-order valence-electron chi connectivity index (χ2n) is 3.85. The maximum atomic E-state index is 10.8. The minimum Gasteiger partial charge on any atom is -0.497 e. The number of nitrogens with zero attached hydrogens (tertiary/aromatic N) is 1. The lowest BCUT2D eigenvalue weighted by Gasteiger charge is -2.04. The predicted octanol–water partition coefficient (Wildman–Crippen LogP) is 3.08. The van der Waals surface area contributed by atoms with Gasteiger partial charge < -0.3 is 9.84 Å². The van der Waals surface area contributed by atoms with Gasteiger partial charge in [0.1, 0.15) is 5.75 Å². The smallest absolute Gasteiger partial charge is 0.337 e. The van der Waals surface area contributed by atoms with E-state index in [1.807, 2.05) is 24.3 Å². The molecule has 2 rings (SSSR count). The van der Waals surface area contributed by atoms with Gasteiger partial charge in [0.15, 0.2) is 0 Å². The highest BCUT2D eigenvalue weighted by molar-refractivity contribution is 7.98. The van der Waals surface area contributed by atoms with E-state index in [4.69, 9.17) is 9.84 Å². The Morgan fingerprint density at radius 1 is 1.32 bits per heavy atom. The Balaban J connectivity index is 2.01. The fraction of sp³-hybridized carbons (Fsp3) is 0.143. The van der Waals surface area contributed by atoms with E-state index in [1.165, 1.54) is 6.20 Å². The van der Waals surface area contributed by atoms with Crippen molar-refractivity contribution in [2.45, 2.75) is 10.6 Å². The maximum absolute atomic E-state index is 10.8. The summed E-state index contributed by atoms with van der Waals surface area (Å²) in [5.41, 5.74) is 1.35. The van der Waals surface area contributed by atoms with Crippen molar-refractivity contribution in [3.63, 3.8) is 0 Å². The van der Waals surface area contributed by atoms with Crippen LogP contribution in [-0.2, 0) is 5.75 Å². The van der Waals surface area contributed by atoms with Crippen LogP contribution in [0.2, 0.25) is 0 Å². The molecule has 1 aromatic carbocycles. The standard InChI is InChI=1S/C14H13NO3S/c1-18-12-4-2-10(3-5-12)9-19-13-6-11(14(16)17)7-15-8-13/h2-8H,9H2,1H3,(H,16,17). The zero-order valence-electron chi connectivity index (χ0n) is 10.4. The molecule has 1 aromatic heterocycles. The quantitative estimate of drug-likeness (QED) is 0.850. The summed E-state index contributed by atoms with van der Waals surface area (Å²) in [5.74, 6) is 0.622. The molecule has 19 heavy (non-hydrogen) atoms. The van der Waals surface area contributed by atoms with Gasteiger partial charge in [-0.15, -0.1) is 11.8 Å². The number of ether oxygens (including phenoxy) is 1. The molecule has 0 atom stereocenters. The number of carbonyl (C=O) groups is 1. The van der Waals surface area contributed by atoms with Crippen LogP contribution in [0.5, 0.6) is 5.75 Å². The molecular formula is C14H13NO3S. The Bertz CT molecular complexity index is 569. The molecule has 98 valence electrons. The predicted molar refractivity (Wildman–Crippen MR) is 73.8 cm³/mol. The summed E-state index contributed by atoms with van der Waals surface area (Å²) in [6.45, 7) is 0. The van der Waals surface area contributed by atoms with Gasteiger partial charge in [0.05, 0.1) is 12.7 Å². The number of benzene rings is 1. The summed E-state index contributed by atoms with van der Waals surface area (Å²) in [6.07, 6.45) is 3.01. The van der Waals surface area contributed by atoms with Gasteiger partial charge in [-0.3, -0.25) is 4.98 Å². The Kier molecular flexibility index (Phi) is 4.41. The van der Waals surface area contributed by atoms with Crippen LogP contribution in [0.4, 0.5) is 0 Å². The number of methoxy groups -OCH3 is 1. The molecule has 0 saturated carbocycles. The van der Waals surface area contributed by atoms with Crippen molar-refractivity contribution in [1.29, 1.82) is 0 Å². The van der Waals surface area contributed by atoms with Crippen LogP contribution in [0.25, 0.3) is 0 Å². The Hall–Kier alpha value is -2.01. The van der Waals surface area contributed by atoms with Gasteiger partial charge in [-0.25, -0.2) is 4.79 Å². The van der Waals surface area contributed by atoms with Crippen molar-refractivity contribution < 1.29 is 14.6 Å². The van der Waals surface area contributed by atoms with Crippen molar-refractivity contribution in [1.82, 2.24) is 4.98 Å². The van der Waals surface area contributed by atoms with Gasteiger partial charge in [0.25, 0.3) is 0 Å². The lowest BCUT2D eigenvalue weighted by atomic mass is 10.2. The van der Waals surface area contributed by atoms with Crippen LogP contribution in [0, 0.1) is 0 Å². The first-order chi connectivity index (χ1) is 9.19. The number of aromatic carboxylic acids is 1. The molecular weight excluding hydrogens is 262 g/mol. The van der Waals surface area contributed by atoms with Crippen molar-refractivity contribution in [3.8, 4) is 5.75 Å². The zero-order valence-corrected chi connectivity index (χ0v) is 11.2. The SMILES string of the molecule is COc1ccc(CSc2cncc(C(=O)O)c2)cc1. The second kappa shape index (κ2) is 6.24. The summed E-state index contributed by atoms with van der Waals surface area (Å²) in [5, 5.41) is 8.89. The molecule has 0 bridgehead atoms. The number of aromatic nitrogens is 1. The minimum absolute atomic E-state index is 0.208. The average Bonchev–Trinajstić information content (AvgIpc) is 2.46. The third-order valence-corrected chi connectivity index (χ3v) is 3.56. The molecule has 0 aliphatic heterocycles. The molecule has 0 spiro atoms. The van der Waals surface area contributed by atoms with Gasteiger partial charge in [0, 0.05) is 23.0 Å². The van der Waals surface area contributed by atoms with Gasteiger partial charge in [-0.1, -0.05) is 12.1 Å². The summed E-state index contributed by atoms with van der Waals surface area (Å²) in [6, 6.07) is 9.41. The van der Waals surface area contributed by atoms with E-state index in [-0.39, 0.29) is 5.56 Å². The van der Waals surface area contributed by atoms with Crippen LogP contribution >= 0.6 is 11.8 Å². The van der Waals surface area contributed by atoms with Crippen LogP contribution in [-0.4, -0.2) is 23.2 Å². The number of hydrogen-bond donors (Lipinski definition) is 1. The van der Waals surface area contributed by atoms with Gasteiger partial charge in [0.2, 0.25) is 0 Å². The van der Waals surface area contributed by atoms with E-state index in [9.17, 15) is 4.79 Å². The molecule has 0 fully saturated rings. The van der Waals surface area contributed by atoms with Crippen LogP contribution in [0.15, 0.2) is 47.6 Å². The average molecular weight is 275 g/mol. The molecule has 0 saturated heterocycles. The van der Waals surface area contributed by atoms with Crippen LogP contribution in [0.1, 0.15) is 15.9 Å². The fourth-order valence-electron chi connectivity index (χ4n) is 1.50. The Labute approximate surface area is 115 Å². The molecule has 4 nitrogen and oxygen atoms in total. The Morgan fingerprint density at radius 2 is 2.05 bits per heavy atom. The number of rotatable bonds is 5. The van der Waals surface area contributed by atoms with Gasteiger partial charge in [-0.2, -0.15) is 0 Å². The molecule has 0 aliphatic rings. The van der Waals surface area contributed by atoms with Gasteiger partial charge in [-0.05, 0) is 23.8 Å². The summed E-state index contributed by atoms with van der Waals surface area (Å²) >= 11 is 1.55. The molecule has 0 amide bonds. The lowest BCUT2D eigenvalue weighted by Crippen LogP contribution is -1.96. The van der Waals surface area contributed by atoms with Gasteiger partial charge >= 0.3 is 5.97 Å². The first-order valence-corrected chi connectivity index (χ1v) is 6.61. The molecule has 1 N–H and O–H groups in total. The summed E-state index contributed by atoms with van der Waals surface area (Å²) in [4.78, 5) is 15.6. The molecule has 0 aliphatic carbocycles. The first kappa shape index (κ1) is 13.4. The fourth-order valence-corrected chi connectivity index (χ4v) is 2.37. The normalized spacial score (nSPS) is 10.2. The third kappa shape index (κ3) is 3.72. The van der Waals surface area contributed by atoms with E-state index in [0.717, 1.165) is 22.0 Å². The molecule has 5 heteroatoms. The monoisotopic (exact) mass is 275 g/mol. The molecule has 0 unspecified atom stereocenters. The first-order valence-electron chi connectivity index (χ1n) is 5.63. The van der Waals surface area contributed by atoms with E-state index in [2.05, 4.69) is 4.98 Å². The largest absolute Gasteiger partial charge is 0.497 e. The minimum atomic E-state index is -0.959. The number of carboxylic acid groups (broad SMARTS) is 1. The molecule has 2 aromatic rings. The summed E-state index contributed by atoms with van der Waals surface area (Å²) in [7, 11) is 1.63. The molecule has 1 heterocycles. The number of hydrogen-bond acceptors (Lipinski definition) is 4. The van der Waals surface area contributed by atoms with E-state index < -0.39 is 5.97 Å². The van der Waals surface area contributed by atoms with Crippen molar-refractivity contribution in [2.75, 3.05) is 7.11 Å². The van der Waals surface area contributed by atoms with Crippen molar-refractivity contribution in [2.24, 2.45) is 0 Å². The highest BCUT2D eigenvalue weighted by atomic mass is 32.2. The van der Waals surface area contributed by atoms with E-state index >= 15 is 0 Å². The topological polar surface area (TPSA) is 59.4 Å². The maximum Gasteiger partial charge on any atom is 0.337 e. The lowest BCUT2D eigenvalue weighted by molar-refractivity contribution is 0.0696. The zero-order chi connectivity index (χ0) is 13.7. The van der Waals surface area contributed by atoms with Crippen molar-refractivity contribution >= 4 is 17.7 Å². The number of thioether (sulfide) groups is 1. The second-order valence-corrected chi connectivity index (χ2v) is 4.90. The summed E-state index contributed by atoms with van der Waals surface area (Å²) < 4.78 is 5.09. The third-order valence-electron chi connectivity index (χ3n) is 2.52. The highest BCUT2D eigenvalue weighted by Gasteiger charge is 2.04. The van der Waals surface area contributed by atoms with E-state index in [0.29, 0.717) is 0 Å². The number of carboxylic acids is 1. The van der Waals surface area contributed by atoms with Crippen molar-refractivity contribution in [3.05, 3.63) is 53.9 Å². The van der Waals surface area contributed by atoms with Crippen LogP contribution < -0.4 is 4.74 Å². The van der Waals surface area contributed by atoms with Crippen LogP contribution in [0.3, 0.4) is 0 Å².